The standard InChI is InChI=1S/C19H23ClN2O3S2/c20-14-7-3-4-8-15(14)22-16-11-27(24,25)12-17(16)26-19(22)21-18(23)10-9-13-5-1-2-6-13/h3-4,7-8,13,16-17H,1-2,5-6,9-12H2/t16-,17+/m0/s1. The number of benzene rings is 1. The van der Waals surface area contributed by atoms with Gasteiger partial charge in [0.15, 0.2) is 15.0 Å². The Morgan fingerprint density at radius 3 is 2.70 bits per heavy atom. The van der Waals surface area contributed by atoms with Gasteiger partial charge in [-0.3, -0.25) is 4.79 Å². The van der Waals surface area contributed by atoms with Crippen molar-refractivity contribution in [3.63, 3.8) is 0 Å². The van der Waals surface area contributed by atoms with Gasteiger partial charge in [-0.2, -0.15) is 4.99 Å². The van der Waals surface area contributed by atoms with Crippen LogP contribution in [0.3, 0.4) is 0 Å². The Morgan fingerprint density at radius 2 is 1.96 bits per heavy atom. The highest BCUT2D eigenvalue weighted by Crippen LogP contribution is 2.43. The molecule has 1 saturated carbocycles. The van der Waals surface area contributed by atoms with Gasteiger partial charge in [0.1, 0.15) is 0 Å². The van der Waals surface area contributed by atoms with Gasteiger partial charge in [-0.05, 0) is 24.5 Å². The topological polar surface area (TPSA) is 66.8 Å². The van der Waals surface area contributed by atoms with E-state index in [1.54, 1.807) is 6.07 Å². The quantitative estimate of drug-likeness (QED) is 0.730. The van der Waals surface area contributed by atoms with Crippen molar-refractivity contribution in [1.29, 1.82) is 0 Å². The highest BCUT2D eigenvalue weighted by Gasteiger charge is 2.49. The Balaban J connectivity index is 1.57. The number of rotatable bonds is 4. The molecule has 2 aliphatic heterocycles. The summed E-state index contributed by atoms with van der Waals surface area (Å²) in [6.45, 7) is 0. The monoisotopic (exact) mass is 426 g/mol. The number of sulfone groups is 1. The number of hydrogen-bond donors (Lipinski definition) is 0. The molecule has 0 spiro atoms. The van der Waals surface area contributed by atoms with Crippen LogP contribution in [0.5, 0.6) is 0 Å². The summed E-state index contributed by atoms with van der Waals surface area (Å²) >= 11 is 7.77. The first-order chi connectivity index (χ1) is 12.9. The minimum Gasteiger partial charge on any atom is -0.314 e. The summed E-state index contributed by atoms with van der Waals surface area (Å²) in [5.41, 5.74) is 0.721. The third-order valence-electron chi connectivity index (χ3n) is 5.64. The zero-order valence-electron chi connectivity index (χ0n) is 15.0. The first kappa shape index (κ1) is 19.3. The first-order valence-electron chi connectivity index (χ1n) is 9.45. The average Bonchev–Trinajstić information content (AvgIpc) is 3.29. The summed E-state index contributed by atoms with van der Waals surface area (Å²) in [5.74, 6) is 0.725. The van der Waals surface area contributed by atoms with E-state index in [1.807, 2.05) is 23.1 Å². The number of anilines is 1. The molecule has 146 valence electrons. The Bertz CT molecular complexity index is 865. The molecule has 3 fully saturated rings. The van der Waals surface area contributed by atoms with E-state index in [4.69, 9.17) is 11.6 Å². The van der Waals surface area contributed by atoms with Crippen LogP contribution >= 0.6 is 23.4 Å². The van der Waals surface area contributed by atoms with Gasteiger partial charge in [-0.1, -0.05) is 61.2 Å². The number of fused-ring (bicyclic) bond motifs is 1. The minimum atomic E-state index is -3.08. The van der Waals surface area contributed by atoms with Crippen LogP contribution in [-0.4, -0.2) is 42.3 Å². The number of aliphatic imine (C=N–C) groups is 1. The number of para-hydroxylation sites is 1. The van der Waals surface area contributed by atoms with Gasteiger partial charge in [0.05, 0.1) is 28.3 Å². The SMILES string of the molecule is O=C(CCC1CCCC1)N=C1S[C@@H]2CS(=O)(=O)C[C@@H]2N1c1ccccc1Cl. The number of halogens is 1. The Hall–Kier alpha value is -1.05. The van der Waals surface area contributed by atoms with Crippen molar-refractivity contribution in [2.75, 3.05) is 16.4 Å². The Labute approximate surface area is 169 Å². The largest absolute Gasteiger partial charge is 0.314 e. The van der Waals surface area contributed by atoms with Gasteiger partial charge in [-0.15, -0.1) is 0 Å². The summed E-state index contributed by atoms with van der Waals surface area (Å²) in [5, 5.41) is 1.02. The summed E-state index contributed by atoms with van der Waals surface area (Å²) < 4.78 is 24.2. The van der Waals surface area contributed by atoms with Gasteiger partial charge in [0.25, 0.3) is 0 Å². The zero-order valence-corrected chi connectivity index (χ0v) is 17.4. The predicted molar refractivity (Wildman–Crippen MR) is 111 cm³/mol. The lowest BCUT2D eigenvalue weighted by atomic mass is 10.0. The van der Waals surface area contributed by atoms with Crippen molar-refractivity contribution < 1.29 is 13.2 Å². The van der Waals surface area contributed by atoms with Crippen LogP contribution in [0.2, 0.25) is 5.02 Å². The Morgan fingerprint density at radius 1 is 1.22 bits per heavy atom. The lowest BCUT2D eigenvalue weighted by Gasteiger charge is -2.25. The van der Waals surface area contributed by atoms with Gasteiger partial charge in [-0.25, -0.2) is 8.42 Å². The van der Waals surface area contributed by atoms with Crippen LogP contribution in [0, 0.1) is 5.92 Å². The van der Waals surface area contributed by atoms with E-state index in [1.165, 1.54) is 37.4 Å². The molecule has 0 radical (unpaired) electrons. The molecule has 0 bridgehead atoms. The molecular formula is C19H23ClN2O3S2. The van der Waals surface area contributed by atoms with Crippen LogP contribution in [0.4, 0.5) is 5.69 Å². The van der Waals surface area contributed by atoms with Gasteiger partial charge >= 0.3 is 0 Å². The van der Waals surface area contributed by atoms with E-state index < -0.39 is 9.84 Å². The zero-order chi connectivity index (χ0) is 19.0. The maximum Gasteiger partial charge on any atom is 0.248 e. The number of carbonyl (C=O) groups excluding carboxylic acids is 1. The maximum atomic E-state index is 12.5. The second-order valence-electron chi connectivity index (χ2n) is 7.60. The van der Waals surface area contributed by atoms with Gasteiger partial charge in [0, 0.05) is 11.7 Å². The summed E-state index contributed by atoms with van der Waals surface area (Å²) in [6.07, 6.45) is 6.31. The molecule has 0 aromatic heterocycles. The molecule has 4 rings (SSSR count). The molecule has 0 N–H and O–H groups in total. The molecule has 1 aromatic carbocycles. The normalized spacial score (nSPS) is 28.8. The highest BCUT2D eigenvalue weighted by atomic mass is 35.5. The fourth-order valence-corrected chi connectivity index (χ4v) is 8.43. The molecule has 2 saturated heterocycles. The van der Waals surface area contributed by atoms with Gasteiger partial charge < -0.3 is 4.90 Å². The van der Waals surface area contributed by atoms with Crippen molar-refractivity contribution in [2.45, 2.75) is 49.8 Å². The van der Waals surface area contributed by atoms with E-state index in [2.05, 4.69) is 4.99 Å². The van der Waals surface area contributed by atoms with Crippen molar-refractivity contribution >= 4 is 50.0 Å². The number of carbonyl (C=O) groups is 1. The van der Waals surface area contributed by atoms with E-state index in [0.29, 0.717) is 22.5 Å². The second kappa shape index (κ2) is 7.76. The molecule has 2 heterocycles. The summed E-state index contributed by atoms with van der Waals surface area (Å²) in [4.78, 5) is 18.7. The van der Waals surface area contributed by atoms with Crippen LogP contribution in [-0.2, 0) is 14.6 Å². The van der Waals surface area contributed by atoms with E-state index in [9.17, 15) is 13.2 Å². The smallest absolute Gasteiger partial charge is 0.248 e. The number of amides is 1. The van der Waals surface area contributed by atoms with Crippen molar-refractivity contribution in [2.24, 2.45) is 10.9 Å². The third-order valence-corrected chi connectivity index (χ3v) is 9.17. The number of thioether (sulfide) groups is 1. The fraction of sp³-hybridized carbons (Fsp3) is 0.579. The molecule has 0 unspecified atom stereocenters. The second-order valence-corrected chi connectivity index (χ2v) is 11.4. The third kappa shape index (κ3) is 4.20. The van der Waals surface area contributed by atoms with Crippen LogP contribution in [0.25, 0.3) is 0 Å². The predicted octanol–water partition coefficient (Wildman–Crippen LogP) is 3.91. The lowest BCUT2D eigenvalue weighted by Crippen LogP contribution is -2.37. The number of hydrogen-bond acceptors (Lipinski definition) is 4. The number of amidine groups is 1. The maximum absolute atomic E-state index is 12.5. The van der Waals surface area contributed by atoms with Crippen molar-refractivity contribution in [3.8, 4) is 0 Å². The van der Waals surface area contributed by atoms with Crippen molar-refractivity contribution in [3.05, 3.63) is 29.3 Å². The molecule has 1 aromatic rings. The molecular weight excluding hydrogens is 404 g/mol. The summed E-state index contributed by atoms with van der Waals surface area (Å²) in [6, 6.07) is 7.11. The molecule has 3 aliphatic rings. The van der Waals surface area contributed by atoms with E-state index in [0.717, 1.165) is 12.1 Å². The van der Waals surface area contributed by atoms with Crippen LogP contribution in [0.15, 0.2) is 29.3 Å². The lowest BCUT2D eigenvalue weighted by molar-refractivity contribution is -0.118. The molecule has 1 aliphatic carbocycles. The molecule has 2 atom stereocenters. The molecule has 1 amide bonds. The van der Waals surface area contributed by atoms with Crippen molar-refractivity contribution in [1.82, 2.24) is 0 Å². The highest BCUT2D eigenvalue weighted by molar-refractivity contribution is 8.16. The molecule has 5 nitrogen and oxygen atoms in total. The van der Waals surface area contributed by atoms with Gasteiger partial charge in [0.2, 0.25) is 5.91 Å². The average molecular weight is 427 g/mol. The Kier molecular flexibility index (Phi) is 5.54. The van der Waals surface area contributed by atoms with E-state index >= 15 is 0 Å². The number of nitrogens with zero attached hydrogens (tertiary/aromatic N) is 2. The molecule has 27 heavy (non-hydrogen) atoms. The molecule has 8 heteroatoms. The summed E-state index contributed by atoms with van der Waals surface area (Å²) in [7, 11) is -3.08. The fourth-order valence-electron chi connectivity index (χ4n) is 4.28. The first-order valence-corrected chi connectivity index (χ1v) is 12.5. The minimum absolute atomic E-state index is 0.0746. The van der Waals surface area contributed by atoms with Crippen LogP contribution in [0.1, 0.15) is 38.5 Å². The van der Waals surface area contributed by atoms with E-state index in [-0.39, 0.29) is 28.7 Å². The van der Waals surface area contributed by atoms with Crippen LogP contribution < -0.4 is 4.90 Å².